The van der Waals surface area contributed by atoms with Crippen molar-refractivity contribution in [2.45, 2.75) is 17.6 Å². The molecule has 2 unspecified atom stereocenters. The van der Waals surface area contributed by atoms with Crippen LogP contribution in [0.4, 0.5) is 0 Å². The highest BCUT2D eigenvalue weighted by Gasteiger charge is 2.47. The molecule has 1 aromatic carbocycles. The molecule has 0 saturated carbocycles. The standard InChI is InChI=1S/C17H12N4O4S/c18-6-10-14(8-1-3-9(22)4-2-8)11(7-19)17-21(15(10)20)16(25)12(26-17)5-13(23)24/h1-4,12,14,22H,5,20H2,(H,23,24). The Labute approximate surface area is 152 Å². The van der Waals surface area contributed by atoms with Gasteiger partial charge in [0.1, 0.15) is 16.8 Å². The Morgan fingerprint density at radius 3 is 2.38 bits per heavy atom. The fourth-order valence-corrected chi connectivity index (χ4v) is 4.24. The molecule has 0 aromatic heterocycles. The van der Waals surface area contributed by atoms with Gasteiger partial charge in [0.05, 0.1) is 40.7 Å². The van der Waals surface area contributed by atoms with Gasteiger partial charge in [-0.2, -0.15) is 10.5 Å². The number of allylic oxidation sites excluding steroid dienone is 2. The van der Waals surface area contributed by atoms with Crippen LogP contribution in [0, 0.1) is 22.7 Å². The van der Waals surface area contributed by atoms with Crippen molar-refractivity contribution in [1.82, 2.24) is 4.90 Å². The summed E-state index contributed by atoms with van der Waals surface area (Å²) in [5, 5.41) is 37.0. The number of benzene rings is 1. The van der Waals surface area contributed by atoms with Crippen LogP contribution < -0.4 is 5.73 Å². The molecular weight excluding hydrogens is 356 g/mol. The first kappa shape index (κ1) is 17.4. The van der Waals surface area contributed by atoms with Crippen molar-refractivity contribution in [2.75, 3.05) is 0 Å². The molecule has 3 rings (SSSR count). The third-order valence-electron chi connectivity index (χ3n) is 4.10. The number of phenols is 1. The summed E-state index contributed by atoms with van der Waals surface area (Å²) in [5.74, 6) is -2.58. The number of amides is 1. The monoisotopic (exact) mass is 368 g/mol. The second-order valence-corrected chi connectivity index (χ2v) is 6.84. The summed E-state index contributed by atoms with van der Waals surface area (Å²) < 4.78 is 0. The van der Waals surface area contributed by atoms with Gasteiger partial charge in [-0.15, -0.1) is 0 Å². The van der Waals surface area contributed by atoms with Crippen molar-refractivity contribution in [2.24, 2.45) is 5.73 Å². The Morgan fingerprint density at radius 1 is 1.23 bits per heavy atom. The molecule has 2 heterocycles. The van der Waals surface area contributed by atoms with E-state index in [9.17, 15) is 25.2 Å². The summed E-state index contributed by atoms with van der Waals surface area (Å²) in [4.78, 5) is 24.6. The number of phenolic OH excluding ortho intramolecular Hbond substituents is 1. The Hall–Kier alpha value is -3.43. The quantitative estimate of drug-likeness (QED) is 0.723. The molecule has 8 nitrogen and oxygen atoms in total. The minimum atomic E-state index is -1.15. The average Bonchev–Trinajstić information content (AvgIpc) is 2.91. The SMILES string of the molecule is N#CC1=C(N)N2C(=O)C(CC(=O)O)SC2=C(C#N)C1c1ccc(O)cc1. The van der Waals surface area contributed by atoms with Crippen LogP contribution in [0.1, 0.15) is 17.9 Å². The van der Waals surface area contributed by atoms with E-state index in [0.717, 1.165) is 16.7 Å². The van der Waals surface area contributed by atoms with Crippen LogP contribution >= 0.6 is 11.8 Å². The smallest absolute Gasteiger partial charge is 0.305 e. The number of carbonyl (C=O) groups is 2. The van der Waals surface area contributed by atoms with Crippen molar-refractivity contribution in [3.8, 4) is 17.9 Å². The van der Waals surface area contributed by atoms with Crippen LogP contribution in [0.25, 0.3) is 0 Å². The van der Waals surface area contributed by atoms with E-state index in [1.54, 1.807) is 12.1 Å². The molecule has 1 saturated heterocycles. The topological polar surface area (TPSA) is 151 Å². The summed E-state index contributed by atoms with van der Waals surface area (Å²) >= 11 is 0.961. The summed E-state index contributed by atoms with van der Waals surface area (Å²) in [6, 6.07) is 9.96. The fraction of sp³-hybridized carbons (Fsp3) is 0.176. The maximum absolute atomic E-state index is 12.5. The Balaban J connectivity index is 2.17. The maximum atomic E-state index is 12.5. The molecule has 0 aliphatic carbocycles. The van der Waals surface area contributed by atoms with Gasteiger partial charge in [0.25, 0.3) is 0 Å². The van der Waals surface area contributed by atoms with Crippen molar-refractivity contribution in [3.63, 3.8) is 0 Å². The molecule has 2 aliphatic rings. The fourth-order valence-electron chi connectivity index (χ4n) is 2.95. The van der Waals surface area contributed by atoms with Crippen LogP contribution in [0.3, 0.4) is 0 Å². The number of hydrogen-bond acceptors (Lipinski definition) is 7. The normalized spacial score (nSPS) is 22.1. The first-order valence-corrected chi connectivity index (χ1v) is 8.32. The van der Waals surface area contributed by atoms with Gasteiger partial charge in [-0.3, -0.25) is 14.5 Å². The Bertz CT molecular complexity index is 952. The highest BCUT2D eigenvalue weighted by molar-refractivity contribution is 8.04. The molecule has 4 N–H and O–H groups in total. The second-order valence-electron chi connectivity index (χ2n) is 5.64. The maximum Gasteiger partial charge on any atom is 0.305 e. The number of aromatic hydroxyl groups is 1. The van der Waals surface area contributed by atoms with E-state index in [1.807, 2.05) is 12.1 Å². The van der Waals surface area contributed by atoms with E-state index in [2.05, 4.69) is 0 Å². The lowest BCUT2D eigenvalue weighted by Gasteiger charge is -2.29. The molecule has 2 atom stereocenters. The van der Waals surface area contributed by atoms with Gasteiger partial charge in [-0.1, -0.05) is 23.9 Å². The first-order valence-electron chi connectivity index (χ1n) is 7.44. The highest BCUT2D eigenvalue weighted by Crippen LogP contribution is 2.49. The van der Waals surface area contributed by atoms with E-state index < -0.39 is 29.5 Å². The van der Waals surface area contributed by atoms with Gasteiger partial charge < -0.3 is 15.9 Å². The van der Waals surface area contributed by atoms with E-state index in [0.29, 0.717) is 5.56 Å². The Morgan fingerprint density at radius 2 is 1.85 bits per heavy atom. The summed E-state index contributed by atoms with van der Waals surface area (Å²) in [7, 11) is 0. The zero-order valence-electron chi connectivity index (χ0n) is 13.2. The number of nitrogens with two attached hydrogens (primary N) is 1. The largest absolute Gasteiger partial charge is 0.508 e. The molecule has 1 aromatic rings. The number of carbonyl (C=O) groups excluding carboxylic acids is 1. The average molecular weight is 368 g/mol. The van der Waals surface area contributed by atoms with E-state index in [1.165, 1.54) is 12.1 Å². The number of aliphatic carboxylic acids is 1. The number of rotatable bonds is 3. The number of fused-ring (bicyclic) bond motifs is 1. The van der Waals surface area contributed by atoms with Crippen LogP contribution in [-0.4, -0.2) is 32.2 Å². The van der Waals surface area contributed by atoms with E-state index in [4.69, 9.17) is 10.8 Å². The molecule has 2 aliphatic heterocycles. The number of hydrogen-bond donors (Lipinski definition) is 3. The lowest BCUT2D eigenvalue weighted by Crippen LogP contribution is -2.37. The third kappa shape index (κ3) is 2.65. The van der Waals surface area contributed by atoms with Crippen molar-refractivity contribution in [1.29, 1.82) is 10.5 Å². The number of thioether (sulfide) groups is 1. The lowest BCUT2D eigenvalue weighted by atomic mass is 9.83. The van der Waals surface area contributed by atoms with Crippen LogP contribution in [-0.2, 0) is 9.59 Å². The summed E-state index contributed by atoms with van der Waals surface area (Å²) in [5.41, 5.74) is 6.77. The van der Waals surface area contributed by atoms with Crippen molar-refractivity contribution < 1.29 is 19.8 Å². The Kier molecular flexibility index (Phi) is 4.33. The second kappa shape index (κ2) is 6.47. The number of nitriles is 2. The first-order chi connectivity index (χ1) is 12.4. The number of nitrogens with zero attached hydrogens (tertiary/aromatic N) is 3. The molecule has 1 fully saturated rings. The minimum absolute atomic E-state index is 0.0275. The third-order valence-corrected chi connectivity index (χ3v) is 5.38. The van der Waals surface area contributed by atoms with E-state index in [-0.39, 0.29) is 27.7 Å². The molecular formula is C17H12N4O4S. The van der Waals surface area contributed by atoms with Gasteiger partial charge in [-0.05, 0) is 17.7 Å². The zero-order valence-corrected chi connectivity index (χ0v) is 14.0. The van der Waals surface area contributed by atoms with Gasteiger partial charge in [-0.25, -0.2) is 0 Å². The predicted molar refractivity (Wildman–Crippen MR) is 90.8 cm³/mol. The van der Waals surface area contributed by atoms with Gasteiger partial charge in [0.15, 0.2) is 0 Å². The van der Waals surface area contributed by atoms with Crippen LogP contribution in [0.2, 0.25) is 0 Å². The van der Waals surface area contributed by atoms with Crippen molar-refractivity contribution in [3.05, 3.63) is 51.8 Å². The summed E-state index contributed by atoms with van der Waals surface area (Å²) in [6.07, 6.45) is -0.415. The molecule has 26 heavy (non-hydrogen) atoms. The minimum Gasteiger partial charge on any atom is -0.508 e. The van der Waals surface area contributed by atoms with Crippen LogP contribution in [0.15, 0.2) is 46.3 Å². The summed E-state index contributed by atoms with van der Waals surface area (Å²) in [6.45, 7) is 0. The zero-order chi connectivity index (χ0) is 19.0. The number of carboxylic acid groups (broad SMARTS) is 1. The number of carboxylic acids is 1. The van der Waals surface area contributed by atoms with Crippen molar-refractivity contribution >= 4 is 23.6 Å². The van der Waals surface area contributed by atoms with Crippen LogP contribution in [0.5, 0.6) is 5.75 Å². The highest BCUT2D eigenvalue weighted by atomic mass is 32.2. The molecule has 130 valence electrons. The molecule has 0 bridgehead atoms. The van der Waals surface area contributed by atoms with Gasteiger partial charge in [0.2, 0.25) is 5.91 Å². The lowest BCUT2D eigenvalue weighted by molar-refractivity contribution is -0.139. The van der Waals surface area contributed by atoms with E-state index >= 15 is 0 Å². The molecule has 1 amide bonds. The molecule has 0 spiro atoms. The molecule has 9 heteroatoms. The van der Waals surface area contributed by atoms with Gasteiger partial charge in [0, 0.05) is 0 Å². The molecule has 0 radical (unpaired) electrons. The predicted octanol–water partition coefficient (Wildman–Crippen LogP) is 1.34. The van der Waals surface area contributed by atoms with Gasteiger partial charge >= 0.3 is 5.97 Å².